The van der Waals surface area contributed by atoms with E-state index in [1.165, 1.54) is 4.31 Å². The van der Waals surface area contributed by atoms with Crippen LogP contribution in [0.25, 0.3) is 0 Å². The van der Waals surface area contributed by atoms with Gasteiger partial charge in [0.15, 0.2) is 0 Å². The Bertz CT molecular complexity index is 537. The number of rotatable bonds is 6. The van der Waals surface area contributed by atoms with Crippen LogP contribution >= 0.6 is 0 Å². The van der Waals surface area contributed by atoms with Gasteiger partial charge >= 0.3 is 10.2 Å². The third-order valence-corrected chi connectivity index (χ3v) is 4.76. The van der Waals surface area contributed by atoms with Gasteiger partial charge in [-0.15, -0.1) is 0 Å². The first kappa shape index (κ1) is 16.2. The zero-order valence-electron chi connectivity index (χ0n) is 12.5. The molecule has 6 nitrogen and oxygen atoms in total. The normalized spacial score (nSPS) is 17.1. The molecule has 0 bridgehead atoms. The van der Waals surface area contributed by atoms with Crippen molar-refractivity contribution in [3.05, 3.63) is 29.8 Å². The molecule has 1 heterocycles. The van der Waals surface area contributed by atoms with E-state index in [0.717, 1.165) is 12.1 Å². The van der Waals surface area contributed by atoms with E-state index in [2.05, 4.69) is 23.9 Å². The Kier molecular flexibility index (Phi) is 5.58. The monoisotopic (exact) mass is 313 g/mol. The molecule has 7 heteroatoms. The predicted octanol–water partition coefficient (Wildman–Crippen LogP) is 1.17. The van der Waals surface area contributed by atoms with Crippen molar-refractivity contribution in [1.29, 1.82) is 0 Å². The maximum atomic E-state index is 12.2. The summed E-state index contributed by atoms with van der Waals surface area (Å²) in [6.07, 6.45) is 0. The summed E-state index contributed by atoms with van der Waals surface area (Å²) in [6.45, 7) is 6.63. The average molecular weight is 313 g/mol. The Morgan fingerprint density at radius 1 is 1.19 bits per heavy atom. The van der Waals surface area contributed by atoms with E-state index in [0.29, 0.717) is 38.0 Å². The van der Waals surface area contributed by atoms with Gasteiger partial charge < -0.3 is 10.1 Å². The molecule has 0 unspecified atom stereocenters. The third kappa shape index (κ3) is 4.96. The minimum absolute atomic E-state index is 0.395. The van der Waals surface area contributed by atoms with E-state index in [1.54, 1.807) is 12.1 Å². The highest BCUT2D eigenvalue weighted by molar-refractivity contribution is 7.90. The molecule has 1 aliphatic heterocycles. The van der Waals surface area contributed by atoms with E-state index < -0.39 is 10.2 Å². The number of hydrogen-bond acceptors (Lipinski definition) is 4. The third-order valence-electron chi connectivity index (χ3n) is 3.23. The van der Waals surface area contributed by atoms with Gasteiger partial charge in [-0.25, -0.2) is 0 Å². The number of ether oxygens (including phenoxy) is 1. The van der Waals surface area contributed by atoms with Crippen molar-refractivity contribution >= 4 is 15.9 Å². The van der Waals surface area contributed by atoms with Gasteiger partial charge in [-0.05, 0) is 17.7 Å². The second kappa shape index (κ2) is 7.22. The lowest BCUT2D eigenvalue weighted by Gasteiger charge is -2.26. The number of benzene rings is 1. The van der Waals surface area contributed by atoms with Crippen LogP contribution in [0.2, 0.25) is 0 Å². The number of anilines is 1. The van der Waals surface area contributed by atoms with Crippen molar-refractivity contribution in [2.45, 2.75) is 26.4 Å². The molecule has 1 aromatic carbocycles. The molecule has 1 aliphatic rings. The highest BCUT2D eigenvalue weighted by Gasteiger charge is 2.23. The molecule has 0 atom stereocenters. The summed E-state index contributed by atoms with van der Waals surface area (Å²) in [5.74, 6) is 0. The lowest BCUT2D eigenvalue weighted by Crippen LogP contribution is -2.43. The Morgan fingerprint density at radius 2 is 1.81 bits per heavy atom. The first-order valence-electron chi connectivity index (χ1n) is 7.15. The maximum absolute atomic E-state index is 12.2. The summed E-state index contributed by atoms with van der Waals surface area (Å²) in [4.78, 5) is 0. The number of morpholine rings is 1. The van der Waals surface area contributed by atoms with Crippen LogP contribution in [0, 0.1) is 0 Å². The van der Waals surface area contributed by atoms with E-state index in [1.807, 2.05) is 12.1 Å². The first-order valence-corrected chi connectivity index (χ1v) is 8.59. The Morgan fingerprint density at radius 3 is 2.38 bits per heavy atom. The molecule has 118 valence electrons. The predicted molar refractivity (Wildman–Crippen MR) is 83.4 cm³/mol. The van der Waals surface area contributed by atoms with Gasteiger partial charge in [0.1, 0.15) is 0 Å². The summed E-state index contributed by atoms with van der Waals surface area (Å²) >= 11 is 0. The Hall–Kier alpha value is -1.15. The average Bonchev–Trinajstić information content (AvgIpc) is 2.47. The van der Waals surface area contributed by atoms with Crippen molar-refractivity contribution < 1.29 is 13.2 Å². The molecule has 1 aromatic rings. The molecule has 0 spiro atoms. The number of nitrogens with one attached hydrogen (secondary N) is 2. The fourth-order valence-corrected chi connectivity index (χ4v) is 3.21. The van der Waals surface area contributed by atoms with Crippen LogP contribution in [0.15, 0.2) is 24.3 Å². The van der Waals surface area contributed by atoms with Gasteiger partial charge in [0, 0.05) is 31.4 Å². The Labute approximate surface area is 126 Å². The van der Waals surface area contributed by atoms with Gasteiger partial charge in [-0.2, -0.15) is 12.7 Å². The topological polar surface area (TPSA) is 70.7 Å². The highest BCUT2D eigenvalue weighted by atomic mass is 32.2. The fraction of sp³-hybridized carbons (Fsp3) is 0.571. The van der Waals surface area contributed by atoms with Crippen LogP contribution < -0.4 is 10.0 Å². The molecule has 0 saturated carbocycles. The van der Waals surface area contributed by atoms with Gasteiger partial charge in [0.2, 0.25) is 0 Å². The fourth-order valence-electron chi connectivity index (χ4n) is 2.01. The summed E-state index contributed by atoms with van der Waals surface area (Å²) in [5.41, 5.74) is 1.70. The second-order valence-electron chi connectivity index (χ2n) is 5.35. The van der Waals surface area contributed by atoms with Gasteiger partial charge in [0.25, 0.3) is 0 Å². The molecule has 0 radical (unpaired) electrons. The van der Waals surface area contributed by atoms with Gasteiger partial charge in [-0.3, -0.25) is 4.72 Å². The molecule has 21 heavy (non-hydrogen) atoms. The number of hydrogen-bond donors (Lipinski definition) is 2. The molecule has 1 fully saturated rings. The standard InChI is InChI=1S/C14H23N3O3S/c1-12(2)15-11-13-3-5-14(6-4-13)16-21(18,19)17-7-9-20-10-8-17/h3-6,12,15-16H,7-11H2,1-2H3. The SMILES string of the molecule is CC(C)NCc1ccc(NS(=O)(=O)N2CCOCC2)cc1. The second-order valence-corrected chi connectivity index (χ2v) is 7.02. The molecule has 2 N–H and O–H groups in total. The van der Waals surface area contributed by atoms with Crippen molar-refractivity contribution in [2.24, 2.45) is 0 Å². The molecule has 0 aliphatic carbocycles. The zero-order chi connectivity index (χ0) is 15.3. The van der Waals surface area contributed by atoms with Gasteiger partial charge in [-0.1, -0.05) is 26.0 Å². The highest BCUT2D eigenvalue weighted by Crippen LogP contribution is 2.14. The Balaban J connectivity index is 1.95. The van der Waals surface area contributed by atoms with Crippen molar-refractivity contribution in [2.75, 3.05) is 31.0 Å². The van der Waals surface area contributed by atoms with Crippen LogP contribution in [0.5, 0.6) is 0 Å². The quantitative estimate of drug-likeness (QED) is 0.827. The smallest absolute Gasteiger partial charge is 0.301 e. The molecule has 0 aromatic heterocycles. The zero-order valence-corrected chi connectivity index (χ0v) is 13.3. The minimum Gasteiger partial charge on any atom is -0.379 e. The van der Waals surface area contributed by atoms with Crippen LogP contribution in [0.4, 0.5) is 5.69 Å². The van der Waals surface area contributed by atoms with Crippen molar-refractivity contribution in [3.8, 4) is 0 Å². The van der Waals surface area contributed by atoms with Gasteiger partial charge in [0.05, 0.1) is 13.2 Å². The lowest BCUT2D eigenvalue weighted by atomic mass is 10.2. The minimum atomic E-state index is -3.49. The summed E-state index contributed by atoms with van der Waals surface area (Å²) in [7, 11) is -3.49. The number of nitrogens with zero attached hydrogens (tertiary/aromatic N) is 1. The van der Waals surface area contributed by atoms with E-state index in [4.69, 9.17) is 4.74 Å². The molecular formula is C14H23N3O3S. The first-order chi connectivity index (χ1) is 9.97. The van der Waals surface area contributed by atoms with E-state index >= 15 is 0 Å². The maximum Gasteiger partial charge on any atom is 0.301 e. The van der Waals surface area contributed by atoms with Crippen LogP contribution in [0.1, 0.15) is 19.4 Å². The molecule has 0 amide bonds. The molecular weight excluding hydrogens is 290 g/mol. The van der Waals surface area contributed by atoms with Crippen LogP contribution in [-0.2, 0) is 21.5 Å². The summed E-state index contributed by atoms with van der Waals surface area (Å²) in [5, 5.41) is 3.32. The lowest BCUT2D eigenvalue weighted by molar-refractivity contribution is 0.0733. The summed E-state index contributed by atoms with van der Waals surface area (Å²) in [6, 6.07) is 7.84. The van der Waals surface area contributed by atoms with E-state index in [9.17, 15) is 8.42 Å². The van der Waals surface area contributed by atoms with E-state index in [-0.39, 0.29) is 0 Å². The summed E-state index contributed by atoms with van der Waals surface area (Å²) < 4.78 is 33.6. The van der Waals surface area contributed by atoms with Crippen molar-refractivity contribution in [1.82, 2.24) is 9.62 Å². The molecule has 1 saturated heterocycles. The largest absolute Gasteiger partial charge is 0.379 e. The van der Waals surface area contributed by atoms with Crippen LogP contribution in [0.3, 0.4) is 0 Å². The van der Waals surface area contributed by atoms with Crippen molar-refractivity contribution in [3.63, 3.8) is 0 Å². The molecule has 2 rings (SSSR count). The van der Waals surface area contributed by atoms with Crippen LogP contribution in [-0.4, -0.2) is 45.1 Å².